The van der Waals surface area contributed by atoms with Gasteiger partial charge < -0.3 is 15.6 Å². The highest BCUT2D eigenvalue weighted by Gasteiger charge is 2.23. The lowest BCUT2D eigenvalue weighted by Gasteiger charge is -2.13. The Morgan fingerprint density at radius 1 is 1.44 bits per heavy atom. The Labute approximate surface area is 101 Å². The second-order valence-corrected chi connectivity index (χ2v) is 3.83. The van der Waals surface area contributed by atoms with E-state index in [1.807, 2.05) is 0 Å². The van der Waals surface area contributed by atoms with Crippen LogP contribution in [0, 0.1) is 6.08 Å². The molecular weight excluding hydrogens is 241 g/mol. The molecule has 2 aromatic heterocycles. The predicted octanol–water partition coefficient (Wildman–Crippen LogP) is -0.00650. The summed E-state index contributed by atoms with van der Waals surface area (Å²) in [7, 11) is 0. The van der Waals surface area contributed by atoms with Gasteiger partial charge in [-0.25, -0.2) is 4.98 Å². The monoisotopic (exact) mass is 251 g/mol. The number of ether oxygens (including phenoxy) is 1. The number of rotatable bonds is 2. The Hall–Kier alpha value is -2.06. The Kier molecular flexibility index (Phi) is 2.46. The summed E-state index contributed by atoms with van der Waals surface area (Å²) >= 11 is 0. The number of imidazole rings is 1. The molecule has 18 heavy (non-hydrogen) atoms. The van der Waals surface area contributed by atoms with Gasteiger partial charge in [-0.3, -0.25) is 4.57 Å². The van der Waals surface area contributed by atoms with Crippen molar-refractivity contribution in [3.63, 3.8) is 0 Å². The van der Waals surface area contributed by atoms with Crippen molar-refractivity contribution in [2.75, 3.05) is 12.3 Å². The van der Waals surface area contributed by atoms with E-state index in [1.54, 1.807) is 12.2 Å². The molecule has 0 bridgehead atoms. The van der Waals surface area contributed by atoms with E-state index in [-0.39, 0.29) is 24.2 Å². The van der Waals surface area contributed by atoms with Crippen LogP contribution >= 0.6 is 0 Å². The van der Waals surface area contributed by atoms with Crippen molar-refractivity contribution in [2.24, 2.45) is 0 Å². The Morgan fingerprint density at radius 2 is 2.28 bits per heavy atom. The van der Waals surface area contributed by atoms with E-state index in [0.29, 0.717) is 5.52 Å². The molecule has 0 unspecified atom stereocenters. The summed E-state index contributed by atoms with van der Waals surface area (Å²) in [6.07, 6.45) is 3.12. The summed E-state index contributed by atoms with van der Waals surface area (Å²) in [5, 5.41) is 8.98. The minimum atomic E-state index is -0.914. The largest absolute Gasteiger partial charge is 0.393 e. The van der Waals surface area contributed by atoms with E-state index in [4.69, 9.17) is 15.6 Å². The Bertz CT molecular complexity index is 626. The molecule has 0 aromatic carbocycles. The number of hydrogen-bond donors (Lipinski definition) is 2. The molecule has 2 atom stereocenters. The lowest BCUT2D eigenvalue weighted by molar-refractivity contribution is -0.00642. The third kappa shape index (κ3) is 1.62. The predicted molar refractivity (Wildman–Crippen MR) is 59.8 cm³/mol. The van der Waals surface area contributed by atoms with Crippen molar-refractivity contribution in [1.29, 1.82) is 0 Å². The molecule has 94 valence electrons. The summed E-state index contributed by atoms with van der Waals surface area (Å²) in [4.78, 5) is 11.1. The van der Waals surface area contributed by atoms with Crippen LogP contribution in [0.4, 0.5) is 10.2 Å². The molecule has 2 aromatic rings. The standard InChI is InChI=1S/C10H10FN5O2/c11-10-14-8(12)7-9(15-10)16(4-13-7)6-2-1-5(3-17)18-6/h1-2,4-6,17H,3H2,(H2,12,14,15)/t5-,6+/m1/s1. The number of nitrogen functional groups attached to an aromatic ring is 1. The topological polar surface area (TPSA) is 99.1 Å². The average Bonchev–Trinajstić information content (AvgIpc) is 2.93. The Morgan fingerprint density at radius 3 is 3.00 bits per heavy atom. The molecule has 0 saturated carbocycles. The number of aliphatic hydroxyl groups is 1. The van der Waals surface area contributed by atoms with Gasteiger partial charge in [-0.15, -0.1) is 0 Å². The first-order valence-corrected chi connectivity index (χ1v) is 5.29. The van der Waals surface area contributed by atoms with E-state index in [2.05, 4.69) is 15.0 Å². The van der Waals surface area contributed by atoms with Crippen molar-refractivity contribution in [3.05, 3.63) is 24.6 Å². The van der Waals surface area contributed by atoms with Crippen LogP contribution in [-0.4, -0.2) is 37.3 Å². The molecule has 0 fully saturated rings. The molecule has 0 aliphatic carbocycles. The second-order valence-electron chi connectivity index (χ2n) is 3.83. The molecule has 3 N–H and O–H groups in total. The molecule has 8 heteroatoms. The van der Waals surface area contributed by atoms with Crippen molar-refractivity contribution in [1.82, 2.24) is 19.5 Å². The van der Waals surface area contributed by atoms with Gasteiger partial charge in [0, 0.05) is 0 Å². The van der Waals surface area contributed by atoms with E-state index >= 15 is 0 Å². The zero-order valence-electron chi connectivity index (χ0n) is 9.19. The van der Waals surface area contributed by atoms with Crippen LogP contribution in [-0.2, 0) is 4.74 Å². The third-order valence-corrected chi connectivity index (χ3v) is 2.68. The third-order valence-electron chi connectivity index (χ3n) is 2.68. The first-order valence-electron chi connectivity index (χ1n) is 5.29. The molecular formula is C10H10FN5O2. The quantitative estimate of drug-likeness (QED) is 0.575. The summed E-state index contributed by atoms with van der Waals surface area (Å²) in [6, 6.07) is 0. The second kappa shape index (κ2) is 4.00. The molecule has 3 heterocycles. The van der Waals surface area contributed by atoms with E-state index in [1.165, 1.54) is 10.9 Å². The number of aromatic nitrogens is 4. The van der Waals surface area contributed by atoms with Gasteiger partial charge in [0.05, 0.1) is 12.9 Å². The highest BCUT2D eigenvalue weighted by atomic mass is 19.1. The smallest absolute Gasteiger partial charge is 0.312 e. The fourth-order valence-corrected chi connectivity index (χ4v) is 1.85. The van der Waals surface area contributed by atoms with Crippen LogP contribution in [0.2, 0.25) is 0 Å². The Balaban J connectivity index is 2.06. The van der Waals surface area contributed by atoms with Crippen LogP contribution in [0.25, 0.3) is 11.2 Å². The van der Waals surface area contributed by atoms with Crippen molar-refractivity contribution >= 4 is 17.0 Å². The number of nitrogens with two attached hydrogens (primary N) is 1. The lowest BCUT2D eigenvalue weighted by atomic mass is 10.4. The van der Waals surface area contributed by atoms with E-state index in [9.17, 15) is 4.39 Å². The normalized spacial score (nSPS) is 23.0. The van der Waals surface area contributed by atoms with Crippen LogP contribution < -0.4 is 5.73 Å². The summed E-state index contributed by atoms with van der Waals surface area (Å²) in [5.74, 6) is -0.0167. The fourth-order valence-electron chi connectivity index (χ4n) is 1.85. The van der Waals surface area contributed by atoms with Gasteiger partial charge in [-0.05, 0) is 6.08 Å². The number of aliphatic hydroxyl groups excluding tert-OH is 1. The van der Waals surface area contributed by atoms with Gasteiger partial charge in [0.2, 0.25) is 0 Å². The number of fused-ring (bicyclic) bond motifs is 1. The summed E-state index contributed by atoms with van der Waals surface area (Å²) in [6.45, 7) is -0.120. The van der Waals surface area contributed by atoms with Gasteiger partial charge in [0.25, 0.3) is 0 Å². The first kappa shape index (κ1) is 11.1. The van der Waals surface area contributed by atoms with Crippen molar-refractivity contribution in [2.45, 2.75) is 12.3 Å². The van der Waals surface area contributed by atoms with Crippen molar-refractivity contribution in [3.8, 4) is 0 Å². The average molecular weight is 251 g/mol. The molecule has 0 amide bonds. The van der Waals surface area contributed by atoms with Gasteiger partial charge in [-0.2, -0.15) is 14.4 Å². The number of nitrogens with zero attached hydrogens (tertiary/aromatic N) is 4. The first-order chi connectivity index (χ1) is 8.69. The molecule has 0 radical (unpaired) electrons. The molecule has 1 aliphatic heterocycles. The number of hydrogen-bond acceptors (Lipinski definition) is 6. The number of halogens is 1. The molecule has 7 nitrogen and oxygen atoms in total. The van der Waals surface area contributed by atoms with E-state index in [0.717, 1.165) is 0 Å². The van der Waals surface area contributed by atoms with Crippen LogP contribution in [0.1, 0.15) is 6.23 Å². The minimum absolute atomic E-state index is 0.0167. The number of anilines is 1. The van der Waals surface area contributed by atoms with Gasteiger partial charge in [0.15, 0.2) is 23.2 Å². The lowest BCUT2D eigenvalue weighted by Crippen LogP contribution is -2.15. The van der Waals surface area contributed by atoms with E-state index < -0.39 is 12.3 Å². The SMILES string of the molecule is Nc1nc(F)nc2c1ncn2[C@@H]1C=C[C@H](CO)O1. The highest BCUT2D eigenvalue weighted by Crippen LogP contribution is 2.25. The molecule has 0 saturated heterocycles. The zero-order valence-corrected chi connectivity index (χ0v) is 9.19. The zero-order chi connectivity index (χ0) is 12.7. The highest BCUT2D eigenvalue weighted by molar-refractivity contribution is 5.81. The minimum Gasteiger partial charge on any atom is -0.393 e. The maximum absolute atomic E-state index is 13.1. The summed E-state index contributed by atoms with van der Waals surface area (Å²) in [5.41, 5.74) is 6.13. The summed E-state index contributed by atoms with van der Waals surface area (Å²) < 4.78 is 20.2. The van der Waals surface area contributed by atoms with Crippen LogP contribution in [0.5, 0.6) is 0 Å². The maximum atomic E-state index is 13.1. The molecule has 3 rings (SSSR count). The van der Waals surface area contributed by atoms with Crippen LogP contribution in [0.3, 0.4) is 0 Å². The fraction of sp³-hybridized carbons (Fsp3) is 0.300. The van der Waals surface area contributed by atoms with Gasteiger partial charge in [-0.1, -0.05) is 6.08 Å². The van der Waals surface area contributed by atoms with Gasteiger partial charge in [0.1, 0.15) is 6.10 Å². The maximum Gasteiger partial charge on any atom is 0.312 e. The molecule has 0 spiro atoms. The molecule has 1 aliphatic rings. The van der Waals surface area contributed by atoms with Crippen molar-refractivity contribution < 1.29 is 14.2 Å². The van der Waals surface area contributed by atoms with Gasteiger partial charge >= 0.3 is 6.08 Å². The van der Waals surface area contributed by atoms with Crippen LogP contribution in [0.15, 0.2) is 18.5 Å².